The lowest BCUT2D eigenvalue weighted by Gasteiger charge is -2.28. The van der Waals surface area contributed by atoms with Crippen molar-refractivity contribution >= 4 is 17.8 Å². The molecule has 0 saturated carbocycles. The molecule has 16 heteroatoms. The van der Waals surface area contributed by atoms with E-state index in [0.717, 1.165) is 43.3 Å². The molecule has 4 rings (SSSR count). The van der Waals surface area contributed by atoms with E-state index in [4.69, 9.17) is 29.0 Å². The van der Waals surface area contributed by atoms with Crippen LogP contribution in [0.3, 0.4) is 0 Å². The van der Waals surface area contributed by atoms with Gasteiger partial charge in [0, 0.05) is 25.2 Å². The van der Waals surface area contributed by atoms with Crippen LogP contribution < -0.4 is 10.1 Å². The SMILES string of the molecule is Cc1ccc(CN2CC[C@]3(C2)C(=O)NC[C@@H]3COc2cccnc2)o1.O=C(O)C(F)(F)F.O=C(O)C(F)(F)F. The Morgan fingerprint density at radius 1 is 1.15 bits per heavy atom. The number of carboxylic acids is 2. The summed E-state index contributed by atoms with van der Waals surface area (Å²) in [5.41, 5.74) is -0.357. The van der Waals surface area contributed by atoms with E-state index in [0.29, 0.717) is 13.2 Å². The number of halogens is 6. The molecule has 4 heterocycles. The van der Waals surface area contributed by atoms with Gasteiger partial charge in [-0.1, -0.05) is 0 Å². The standard InChI is InChI=1S/C19H23N3O3.2C2HF3O2/c1-14-4-5-17(25-14)11-22-8-6-19(13-22)15(9-21-18(19)23)12-24-16-3-2-7-20-10-16;2*3-2(4,5)1(6)7/h2-5,7,10,15H,6,8-9,11-13H2,1H3,(H,21,23);2*(H,6,7)/t15-,19-;;/m1../s1. The second-order valence-corrected chi connectivity index (χ2v) is 8.64. The number of hydrogen-bond acceptors (Lipinski definition) is 7. The second-order valence-electron chi connectivity index (χ2n) is 8.64. The van der Waals surface area contributed by atoms with Gasteiger partial charge in [0.15, 0.2) is 0 Å². The van der Waals surface area contributed by atoms with Gasteiger partial charge in [-0.05, 0) is 44.2 Å². The number of rotatable bonds is 5. The van der Waals surface area contributed by atoms with Crippen molar-refractivity contribution in [2.75, 3.05) is 26.2 Å². The summed E-state index contributed by atoms with van der Waals surface area (Å²) in [5, 5.41) is 17.3. The first-order valence-electron chi connectivity index (χ1n) is 11.2. The van der Waals surface area contributed by atoms with Gasteiger partial charge in [-0.25, -0.2) is 9.59 Å². The van der Waals surface area contributed by atoms with Crippen LogP contribution in [0, 0.1) is 18.3 Å². The number of aryl methyl sites for hydroxylation is 1. The molecular weight excluding hydrogens is 544 g/mol. The van der Waals surface area contributed by atoms with E-state index >= 15 is 0 Å². The van der Waals surface area contributed by atoms with E-state index in [2.05, 4.69) is 15.2 Å². The first kappa shape index (κ1) is 31.4. The molecule has 1 amide bonds. The molecule has 39 heavy (non-hydrogen) atoms. The number of pyridine rings is 1. The van der Waals surface area contributed by atoms with Gasteiger partial charge in [-0.2, -0.15) is 26.3 Å². The Kier molecular flexibility index (Phi) is 10.3. The number of aromatic nitrogens is 1. The minimum absolute atomic E-state index is 0.158. The number of aliphatic carboxylic acids is 2. The quantitative estimate of drug-likeness (QED) is 0.463. The van der Waals surface area contributed by atoms with Gasteiger partial charge < -0.3 is 24.7 Å². The summed E-state index contributed by atoms with van der Waals surface area (Å²) >= 11 is 0. The van der Waals surface area contributed by atoms with E-state index in [1.54, 1.807) is 12.4 Å². The van der Waals surface area contributed by atoms with Crippen LogP contribution in [0.25, 0.3) is 0 Å². The van der Waals surface area contributed by atoms with E-state index < -0.39 is 24.3 Å². The van der Waals surface area contributed by atoms with E-state index in [9.17, 15) is 31.1 Å². The number of alkyl halides is 6. The van der Waals surface area contributed by atoms with E-state index in [1.807, 2.05) is 31.2 Å². The van der Waals surface area contributed by atoms with Crippen LogP contribution in [0.2, 0.25) is 0 Å². The number of carbonyl (C=O) groups excluding carboxylic acids is 1. The Bertz CT molecular complexity index is 1100. The summed E-state index contributed by atoms with van der Waals surface area (Å²) in [6, 6.07) is 7.74. The number of nitrogens with one attached hydrogen (secondary N) is 1. The van der Waals surface area contributed by atoms with Crippen LogP contribution in [0.15, 0.2) is 41.1 Å². The monoisotopic (exact) mass is 569 g/mol. The van der Waals surface area contributed by atoms with Crippen molar-refractivity contribution in [3.8, 4) is 5.75 Å². The highest BCUT2D eigenvalue weighted by Gasteiger charge is 2.54. The number of nitrogens with zero attached hydrogens (tertiary/aromatic N) is 2. The number of furan rings is 1. The highest BCUT2D eigenvalue weighted by Crippen LogP contribution is 2.42. The molecule has 1 spiro atoms. The minimum Gasteiger partial charge on any atom is -0.492 e. The Hall–Kier alpha value is -3.82. The highest BCUT2D eigenvalue weighted by atomic mass is 19.4. The molecule has 0 bridgehead atoms. The van der Waals surface area contributed by atoms with Crippen molar-refractivity contribution < 1.29 is 60.1 Å². The van der Waals surface area contributed by atoms with Crippen molar-refractivity contribution in [3.05, 3.63) is 48.2 Å². The Morgan fingerprint density at radius 2 is 1.77 bits per heavy atom. The normalized spacial score (nSPS) is 20.9. The van der Waals surface area contributed by atoms with Crippen LogP contribution in [-0.4, -0.2) is 76.5 Å². The first-order valence-corrected chi connectivity index (χ1v) is 11.2. The summed E-state index contributed by atoms with van der Waals surface area (Å²) in [6.07, 6.45) is -5.88. The molecule has 2 aliphatic heterocycles. The number of ether oxygens (including phenoxy) is 1. The third-order valence-electron chi connectivity index (χ3n) is 5.87. The number of likely N-dealkylation sites (tertiary alicyclic amines) is 1. The number of amides is 1. The Balaban J connectivity index is 0.000000317. The molecule has 2 aromatic rings. The second kappa shape index (κ2) is 12.8. The number of hydrogen-bond donors (Lipinski definition) is 3. The molecule has 0 aromatic carbocycles. The lowest BCUT2D eigenvalue weighted by Crippen LogP contribution is -2.40. The van der Waals surface area contributed by atoms with Crippen molar-refractivity contribution in [3.63, 3.8) is 0 Å². The van der Waals surface area contributed by atoms with Crippen molar-refractivity contribution in [1.29, 1.82) is 0 Å². The van der Waals surface area contributed by atoms with Gasteiger partial charge >= 0.3 is 24.3 Å². The lowest BCUT2D eigenvalue weighted by molar-refractivity contribution is -0.193. The maximum atomic E-state index is 12.6. The first-order chi connectivity index (χ1) is 18.0. The molecule has 2 fully saturated rings. The van der Waals surface area contributed by atoms with Gasteiger partial charge in [0.05, 0.1) is 24.8 Å². The van der Waals surface area contributed by atoms with Crippen molar-refractivity contribution in [1.82, 2.24) is 15.2 Å². The molecule has 0 aliphatic carbocycles. The Morgan fingerprint density at radius 3 is 2.26 bits per heavy atom. The highest BCUT2D eigenvalue weighted by molar-refractivity contribution is 5.86. The number of carboxylic acid groups (broad SMARTS) is 2. The largest absolute Gasteiger partial charge is 0.492 e. The predicted molar refractivity (Wildman–Crippen MR) is 119 cm³/mol. The van der Waals surface area contributed by atoms with Crippen LogP contribution in [-0.2, 0) is 20.9 Å². The molecule has 2 aromatic heterocycles. The summed E-state index contributed by atoms with van der Waals surface area (Å²) in [7, 11) is 0. The third kappa shape index (κ3) is 9.15. The zero-order valence-corrected chi connectivity index (χ0v) is 20.4. The van der Waals surface area contributed by atoms with Gasteiger partial charge in [0.1, 0.15) is 17.3 Å². The van der Waals surface area contributed by atoms with Crippen molar-refractivity contribution in [2.45, 2.75) is 32.2 Å². The maximum absolute atomic E-state index is 12.6. The summed E-state index contributed by atoms with van der Waals surface area (Å²) in [6.45, 7) is 5.55. The fourth-order valence-electron chi connectivity index (χ4n) is 3.98. The molecule has 2 aliphatic rings. The summed E-state index contributed by atoms with van der Waals surface area (Å²) < 4.78 is 75.0. The predicted octanol–water partition coefficient (Wildman–Crippen LogP) is 3.27. The fourth-order valence-corrected chi connectivity index (χ4v) is 3.98. The van der Waals surface area contributed by atoms with Crippen molar-refractivity contribution in [2.24, 2.45) is 11.3 Å². The molecule has 2 saturated heterocycles. The molecule has 2 atom stereocenters. The maximum Gasteiger partial charge on any atom is 0.490 e. The molecule has 0 radical (unpaired) electrons. The third-order valence-corrected chi connectivity index (χ3v) is 5.87. The molecular formula is C23H25F6N3O7. The fraction of sp³-hybridized carbons (Fsp3) is 0.478. The molecule has 10 nitrogen and oxygen atoms in total. The lowest BCUT2D eigenvalue weighted by atomic mass is 9.77. The topological polar surface area (TPSA) is 142 Å². The Labute approximate surface area is 217 Å². The minimum atomic E-state index is -5.08. The average Bonchev–Trinajstić information content (AvgIpc) is 3.53. The smallest absolute Gasteiger partial charge is 0.490 e. The number of carbonyl (C=O) groups is 3. The average molecular weight is 569 g/mol. The van der Waals surface area contributed by atoms with E-state index in [-0.39, 0.29) is 17.2 Å². The van der Waals surface area contributed by atoms with Crippen LogP contribution in [0.4, 0.5) is 26.3 Å². The zero-order valence-electron chi connectivity index (χ0n) is 20.4. The molecule has 0 unspecified atom stereocenters. The molecule has 216 valence electrons. The van der Waals surface area contributed by atoms with Crippen LogP contribution in [0.5, 0.6) is 5.75 Å². The van der Waals surface area contributed by atoms with Crippen LogP contribution >= 0.6 is 0 Å². The summed E-state index contributed by atoms with van der Waals surface area (Å²) in [4.78, 5) is 36.8. The van der Waals surface area contributed by atoms with Crippen LogP contribution in [0.1, 0.15) is 17.9 Å². The van der Waals surface area contributed by atoms with Gasteiger partial charge in [-0.3, -0.25) is 14.7 Å². The zero-order chi connectivity index (χ0) is 29.4. The summed E-state index contributed by atoms with van der Waals surface area (Å²) in [5.74, 6) is -2.56. The van der Waals surface area contributed by atoms with Gasteiger partial charge in [-0.15, -0.1) is 0 Å². The molecule has 3 N–H and O–H groups in total. The van der Waals surface area contributed by atoms with Gasteiger partial charge in [0.2, 0.25) is 5.91 Å². The van der Waals surface area contributed by atoms with Gasteiger partial charge in [0.25, 0.3) is 0 Å². The van der Waals surface area contributed by atoms with E-state index in [1.165, 1.54) is 0 Å².